The Morgan fingerprint density at radius 1 is 1.32 bits per heavy atom. The van der Waals surface area contributed by atoms with E-state index in [1.54, 1.807) is 6.20 Å². The van der Waals surface area contributed by atoms with Crippen LogP contribution in [0.1, 0.15) is 34.1 Å². The number of pyridine rings is 1. The molecule has 0 saturated carbocycles. The molecule has 1 heterocycles. The van der Waals surface area contributed by atoms with Gasteiger partial charge in [-0.1, -0.05) is 0 Å². The molecule has 3 N–H and O–H groups in total. The number of carbonyl (C=O) groups is 1. The van der Waals surface area contributed by atoms with Crippen molar-refractivity contribution in [1.29, 1.82) is 0 Å². The Labute approximate surface area is 115 Å². The van der Waals surface area contributed by atoms with Crippen LogP contribution in [0, 0.1) is 0 Å². The maximum Gasteiger partial charge on any atom is 0.222 e. The molecule has 0 atom stereocenters. The van der Waals surface area contributed by atoms with Crippen LogP contribution in [0.25, 0.3) is 0 Å². The quantitative estimate of drug-likeness (QED) is 0.737. The van der Waals surface area contributed by atoms with Gasteiger partial charge in [-0.15, -0.1) is 0 Å². The van der Waals surface area contributed by atoms with E-state index in [4.69, 9.17) is 0 Å². The Balaban J connectivity index is 2.36. The lowest BCUT2D eigenvalue weighted by Crippen LogP contribution is -2.41. The molecule has 0 unspecified atom stereocenters. The van der Waals surface area contributed by atoms with E-state index in [0.29, 0.717) is 13.0 Å². The minimum Gasteiger partial charge on any atom is -0.384 e. The molecule has 5 nitrogen and oxygen atoms in total. The molecule has 1 aromatic rings. The predicted octanol–water partition coefficient (Wildman–Crippen LogP) is 2.23. The number of rotatable bonds is 6. The fourth-order valence-corrected chi connectivity index (χ4v) is 1.62. The van der Waals surface area contributed by atoms with Crippen molar-refractivity contribution in [2.75, 3.05) is 23.7 Å². The fourth-order valence-electron chi connectivity index (χ4n) is 1.62. The van der Waals surface area contributed by atoms with Gasteiger partial charge >= 0.3 is 0 Å². The van der Waals surface area contributed by atoms with Gasteiger partial charge in [0.25, 0.3) is 0 Å². The van der Waals surface area contributed by atoms with Crippen molar-refractivity contribution < 1.29 is 4.79 Å². The third-order valence-electron chi connectivity index (χ3n) is 2.31. The normalized spacial score (nSPS) is 10.9. The Kier molecular flexibility index (Phi) is 5.60. The van der Waals surface area contributed by atoms with Crippen molar-refractivity contribution in [3.8, 4) is 0 Å². The van der Waals surface area contributed by atoms with Gasteiger partial charge in [0, 0.05) is 43.0 Å². The predicted molar refractivity (Wildman–Crippen MR) is 79.4 cm³/mol. The Morgan fingerprint density at radius 3 is 2.68 bits per heavy atom. The van der Waals surface area contributed by atoms with Gasteiger partial charge in [0.15, 0.2) is 0 Å². The molecule has 1 aromatic heterocycles. The third-order valence-corrected chi connectivity index (χ3v) is 2.31. The topological polar surface area (TPSA) is 66.0 Å². The standard InChI is InChI=1S/C14H24N4O/c1-5-15-12-10-11(6-8-17-12)16-9-7-13(19)18-14(2,3)4/h6,8,10H,5,7,9H2,1-4H3,(H,18,19)(H2,15,16,17). The summed E-state index contributed by atoms with van der Waals surface area (Å²) in [4.78, 5) is 15.8. The number of hydrogen-bond acceptors (Lipinski definition) is 4. The summed E-state index contributed by atoms with van der Waals surface area (Å²) in [6.07, 6.45) is 2.20. The van der Waals surface area contributed by atoms with Crippen LogP contribution in [0.2, 0.25) is 0 Å². The largest absolute Gasteiger partial charge is 0.384 e. The summed E-state index contributed by atoms with van der Waals surface area (Å²) in [6, 6.07) is 3.83. The zero-order valence-electron chi connectivity index (χ0n) is 12.2. The Hall–Kier alpha value is -1.78. The van der Waals surface area contributed by atoms with Crippen molar-refractivity contribution in [2.45, 2.75) is 39.7 Å². The highest BCUT2D eigenvalue weighted by molar-refractivity contribution is 5.77. The average Bonchev–Trinajstić information content (AvgIpc) is 2.27. The summed E-state index contributed by atoms with van der Waals surface area (Å²) >= 11 is 0. The monoisotopic (exact) mass is 264 g/mol. The molecule has 19 heavy (non-hydrogen) atoms. The molecular weight excluding hydrogens is 240 g/mol. The van der Waals surface area contributed by atoms with Crippen LogP contribution < -0.4 is 16.0 Å². The number of anilines is 2. The van der Waals surface area contributed by atoms with E-state index in [1.165, 1.54) is 0 Å². The van der Waals surface area contributed by atoms with Crippen molar-refractivity contribution in [2.24, 2.45) is 0 Å². The van der Waals surface area contributed by atoms with Crippen LogP contribution in [-0.2, 0) is 4.79 Å². The second-order valence-corrected chi connectivity index (χ2v) is 5.44. The van der Waals surface area contributed by atoms with Crippen molar-refractivity contribution in [3.63, 3.8) is 0 Å². The highest BCUT2D eigenvalue weighted by atomic mass is 16.1. The maximum absolute atomic E-state index is 11.6. The lowest BCUT2D eigenvalue weighted by atomic mass is 10.1. The van der Waals surface area contributed by atoms with E-state index in [0.717, 1.165) is 18.1 Å². The third kappa shape index (κ3) is 6.64. The summed E-state index contributed by atoms with van der Waals surface area (Å²) in [5, 5.41) is 9.30. The van der Waals surface area contributed by atoms with Crippen LogP contribution in [0.15, 0.2) is 18.3 Å². The SMILES string of the molecule is CCNc1cc(NCCC(=O)NC(C)(C)C)ccn1. The van der Waals surface area contributed by atoms with Gasteiger partial charge in [-0.25, -0.2) is 4.98 Å². The highest BCUT2D eigenvalue weighted by Crippen LogP contribution is 2.11. The van der Waals surface area contributed by atoms with Crippen molar-refractivity contribution in [1.82, 2.24) is 10.3 Å². The minimum absolute atomic E-state index is 0.0564. The highest BCUT2D eigenvalue weighted by Gasteiger charge is 2.12. The van der Waals surface area contributed by atoms with Crippen molar-refractivity contribution >= 4 is 17.4 Å². The maximum atomic E-state index is 11.6. The van der Waals surface area contributed by atoms with E-state index in [1.807, 2.05) is 39.8 Å². The van der Waals surface area contributed by atoms with Crippen LogP contribution in [-0.4, -0.2) is 29.5 Å². The van der Waals surface area contributed by atoms with E-state index < -0.39 is 0 Å². The zero-order chi connectivity index (χ0) is 14.3. The molecule has 1 rings (SSSR count). The summed E-state index contributed by atoms with van der Waals surface area (Å²) in [7, 11) is 0. The summed E-state index contributed by atoms with van der Waals surface area (Å²) < 4.78 is 0. The molecule has 0 spiro atoms. The van der Waals surface area contributed by atoms with Gasteiger partial charge in [-0.2, -0.15) is 0 Å². The van der Waals surface area contributed by atoms with E-state index in [2.05, 4.69) is 20.9 Å². The summed E-state index contributed by atoms with van der Waals surface area (Å²) in [6.45, 7) is 9.40. The van der Waals surface area contributed by atoms with Gasteiger partial charge in [0.2, 0.25) is 5.91 Å². The molecule has 0 aliphatic carbocycles. The van der Waals surface area contributed by atoms with Gasteiger partial charge in [-0.05, 0) is 33.8 Å². The second-order valence-electron chi connectivity index (χ2n) is 5.44. The first-order chi connectivity index (χ1) is 8.90. The molecule has 0 aliphatic heterocycles. The van der Waals surface area contributed by atoms with Crippen LogP contribution in [0.4, 0.5) is 11.5 Å². The fraction of sp³-hybridized carbons (Fsp3) is 0.571. The van der Waals surface area contributed by atoms with Gasteiger partial charge in [0.1, 0.15) is 5.82 Å². The summed E-state index contributed by atoms with van der Waals surface area (Å²) in [5.74, 6) is 0.896. The number of carbonyl (C=O) groups excluding carboxylic acids is 1. The van der Waals surface area contributed by atoms with Crippen LogP contribution >= 0.6 is 0 Å². The number of nitrogens with one attached hydrogen (secondary N) is 3. The van der Waals surface area contributed by atoms with Gasteiger partial charge < -0.3 is 16.0 Å². The molecule has 1 amide bonds. The number of nitrogens with zero attached hydrogens (tertiary/aromatic N) is 1. The zero-order valence-corrected chi connectivity index (χ0v) is 12.2. The van der Waals surface area contributed by atoms with Gasteiger partial charge in [0.05, 0.1) is 0 Å². The molecule has 0 bridgehead atoms. The second kappa shape index (κ2) is 6.97. The molecule has 0 saturated heterocycles. The van der Waals surface area contributed by atoms with E-state index in [9.17, 15) is 4.79 Å². The molecule has 0 aromatic carbocycles. The van der Waals surface area contributed by atoms with Crippen LogP contribution in [0.5, 0.6) is 0 Å². The molecule has 0 fully saturated rings. The molecule has 0 aliphatic rings. The lowest BCUT2D eigenvalue weighted by molar-refractivity contribution is -0.122. The molecule has 106 valence electrons. The van der Waals surface area contributed by atoms with Crippen molar-refractivity contribution in [3.05, 3.63) is 18.3 Å². The smallest absolute Gasteiger partial charge is 0.222 e. The molecule has 5 heteroatoms. The minimum atomic E-state index is -0.175. The first-order valence-corrected chi connectivity index (χ1v) is 6.65. The summed E-state index contributed by atoms with van der Waals surface area (Å²) in [5.41, 5.74) is 0.793. The van der Waals surface area contributed by atoms with E-state index >= 15 is 0 Å². The van der Waals surface area contributed by atoms with E-state index in [-0.39, 0.29) is 11.4 Å². The first kappa shape index (κ1) is 15.3. The number of aromatic nitrogens is 1. The lowest BCUT2D eigenvalue weighted by Gasteiger charge is -2.20. The Bertz CT molecular complexity index is 412. The number of hydrogen-bond donors (Lipinski definition) is 3. The number of amides is 1. The molecule has 0 radical (unpaired) electrons. The molecular formula is C14H24N4O. The van der Waals surface area contributed by atoms with Crippen LogP contribution in [0.3, 0.4) is 0 Å². The Morgan fingerprint density at radius 2 is 2.05 bits per heavy atom. The van der Waals surface area contributed by atoms with Gasteiger partial charge in [-0.3, -0.25) is 4.79 Å². The first-order valence-electron chi connectivity index (χ1n) is 6.65. The average molecular weight is 264 g/mol.